The molecular formula is C27H33N3O8. The van der Waals surface area contributed by atoms with E-state index < -0.39 is 29.6 Å². The second-order valence-corrected chi connectivity index (χ2v) is 9.04. The van der Waals surface area contributed by atoms with Gasteiger partial charge in [-0.05, 0) is 64.1 Å². The molecule has 2 rings (SSSR count). The average molecular weight is 528 g/mol. The molecule has 0 aromatic heterocycles. The summed E-state index contributed by atoms with van der Waals surface area (Å²) in [5.74, 6) is -1.20. The predicted octanol–water partition coefficient (Wildman–Crippen LogP) is 3.11. The third-order valence-corrected chi connectivity index (χ3v) is 4.82. The number of carbonyl (C=O) groups is 4. The largest absolute Gasteiger partial charge is 0.482 e. The number of ether oxygens (including phenoxy) is 4. The molecule has 0 aliphatic carbocycles. The number of rotatable bonds is 11. The van der Waals surface area contributed by atoms with Crippen molar-refractivity contribution in [1.82, 2.24) is 10.6 Å². The molecule has 0 saturated carbocycles. The van der Waals surface area contributed by atoms with Crippen LogP contribution in [0.1, 0.15) is 54.0 Å². The van der Waals surface area contributed by atoms with Gasteiger partial charge < -0.3 is 24.3 Å². The fourth-order valence-electron chi connectivity index (χ4n) is 3.12. The van der Waals surface area contributed by atoms with Crippen LogP contribution in [0, 0.1) is 5.41 Å². The second-order valence-electron chi connectivity index (χ2n) is 9.04. The zero-order valence-electron chi connectivity index (χ0n) is 22.1. The number of hydrogen-bond donors (Lipinski definition) is 3. The summed E-state index contributed by atoms with van der Waals surface area (Å²) in [6, 6.07) is 11.1. The highest BCUT2D eigenvalue weighted by Gasteiger charge is 2.23. The van der Waals surface area contributed by atoms with Crippen LogP contribution in [0.5, 0.6) is 5.75 Å². The third-order valence-electron chi connectivity index (χ3n) is 4.82. The van der Waals surface area contributed by atoms with Crippen LogP contribution in [-0.4, -0.2) is 68.2 Å². The molecule has 0 heterocycles. The fourth-order valence-corrected chi connectivity index (χ4v) is 3.12. The van der Waals surface area contributed by atoms with E-state index in [2.05, 4.69) is 10.6 Å². The number of methoxy groups -OCH3 is 1. The van der Waals surface area contributed by atoms with Gasteiger partial charge in [0.15, 0.2) is 12.4 Å². The number of benzene rings is 2. The molecule has 2 aromatic rings. The molecule has 1 atom stereocenters. The Bertz CT molecular complexity index is 1140. The number of esters is 1. The Kier molecular flexibility index (Phi) is 11.0. The van der Waals surface area contributed by atoms with Crippen LogP contribution in [0.3, 0.4) is 0 Å². The maximum absolute atomic E-state index is 13.0. The molecule has 0 fully saturated rings. The van der Waals surface area contributed by atoms with Crippen molar-refractivity contribution in [1.29, 1.82) is 5.41 Å². The van der Waals surface area contributed by atoms with Crippen LogP contribution in [0.4, 0.5) is 4.79 Å². The molecule has 3 N–H and O–H groups in total. The molecular weight excluding hydrogens is 494 g/mol. The first-order valence-electron chi connectivity index (χ1n) is 11.8. The van der Waals surface area contributed by atoms with Gasteiger partial charge >= 0.3 is 12.1 Å². The second kappa shape index (κ2) is 13.9. The highest BCUT2D eigenvalue weighted by Crippen LogP contribution is 2.15. The van der Waals surface area contributed by atoms with Crippen molar-refractivity contribution in [2.75, 3.05) is 26.9 Å². The van der Waals surface area contributed by atoms with Crippen molar-refractivity contribution in [2.45, 2.75) is 39.3 Å². The number of alkyl carbamates (subject to hydrolysis) is 1. The first kappa shape index (κ1) is 30.0. The summed E-state index contributed by atoms with van der Waals surface area (Å²) in [5.41, 5.74) is 0.216. The van der Waals surface area contributed by atoms with Crippen molar-refractivity contribution in [3.8, 4) is 5.75 Å². The molecule has 11 heteroatoms. The van der Waals surface area contributed by atoms with Crippen LogP contribution in [-0.2, 0) is 19.0 Å². The fraction of sp³-hybridized carbons (Fsp3) is 0.370. The van der Waals surface area contributed by atoms with E-state index in [0.717, 1.165) is 0 Å². The Hall–Kier alpha value is -4.25. The highest BCUT2D eigenvalue weighted by atomic mass is 16.6. The third kappa shape index (κ3) is 9.66. The van der Waals surface area contributed by atoms with E-state index >= 15 is 0 Å². The van der Waals surface area contributed by atoms with E-state index in [1.54, 1.807) is 27.7 Å². The summed E-state index contributed by atoms with van der Waals surface area (Å²) in [6.07, 6.45) is -0.760. The normalized spacial score (nSPS) is 11.6. The van der Waals surface area contributed by atoms with E-state index in [0.29, 0.717) is 16.9 Å². The topological polar surface area (TPSA) is 153 Å². The summed E-state index contributed by atoms with van der Waals surface area (Å²) >= 11 is 0. The number of carbonyl (C=O) groups excluding carboxylic acids is 4. The number of nitrogens with one attached hydrogen (secondary N) is 3. The minimum absolute atomic E-state index is 0.0613. The monoisotopic (exact) mass is 527 g/mol. The van der Waals surface area contributed by atoms with Gasteiger partial charge in [0.25, 0.3) is 5.91 Å². The molecule has 0 aliphatic heterocycles. The standard InChI is InChI=1S/C27H33N3O8/c1-6-36-22(31)16-37-20-13-11-17(12-14-20)23(32)21(15-35-5)29-25(33)19-9-7-18(8-10-19)24(28)30-26(34)38-27(2,3)4/h7-14,21H,6,15-16H2,1-5H3,(H,29,33)(H2,28,30,34)/t21-/m0/s1. The lowest BCUT2D eigenvalue weighted by molar-refractivity contribution is -0.145. The Morgan fingerprint density at radius 3 is 2.05 bits per heavy atom. The summed E-state index contributed by atoms with van der Waals surface area (Å²) in [4.78, 5) is 49.1. The van der Waals surface area contributed by atoms with Crippen LogP contribution in [0.25, 0.3) is 0 Å². The van der Waals surface area contributed by atoms with Gasteiger partial charge in [0.2, 0.25) is 0 Å². The quantitative estimate of drug-likeness (QED) is 0.174. The van der Waals surface area contributed by atoms with Crippen LogP contribution in [0.2, 0.25) is 0 Å². The lowest BCUT2D eigenvalue weighted by Gasteiger charge is -2.20. The minimum atomic E-state index is -0.967. The van der Waals surface area contributed by atoms with Crippen molar-refractivity contribution in [3.63, 3.8) is 0 Å². The summed E-state index contributed by atoms with van der Waals surface area (Å²) in [7, 11) is 1.41. The van der Waals surface area contributed by atoms with Gasteiger partial charge in [0, 0.05) is 23.8 Å². The van der Waals surface area contributed by atoms with Crippen LogP contribution >= 0.6 is 0 Å². The van der Waals surface area contributed by atoms with Gasteiger partial charge in [0.1, 0.15) is 23.2 Å². The number of amides is 2. The van der Waals surface area contributed by atoms with Gasteiger partial charge in [-0.3, -0.25) is 20.3 Å². The molecule has 2 aromatic carbocycles. The molecule has 38 heavy (non-hydrogen) atoms. The Balaban J connectivity index is 2.01. The number of amidine groups is 1. The summed E-state index contributed by atoms with van der Waals surface area (Å²) in [5, 5.41) is 13.0. The maximum atomic E-state index is 13.0. The molecule has 0 unspecified atom stereocenters. The van der Waals surface area contributed by atoms with Gasteiger partial charge in [-0.1, -0.05) is 12.1 Å². The zero-order chi connectivity index (χ0) is 28.3. The number of ketones is 1. The molecule has 0 bridgehead atoms. The number of hydrogen-bond acceptors (Lipinski definition) is 9. The Morgan fingerprint density at radius 2 is 1.50 bits per heavy atom. The van der Waals surface area contributed by atoms with E-state index in [-0.39, 0.29) is 37.0 Å². The van der Waals surface area contributed by atoms with E-state index in [1.807, 2.05) is 0 Å². The lowest BCUT2D eigenvalue weighted by atomic mass is 10.0. The van der Waals surface area contributed by atoms with Crippen LogP contribution < -0.4 is 15.4 Å². The van der Waals surface area contributed by atoms with Gasteiger partial charge in [-0.25, -0.2) is 9.59 Å². The van der Waals surface area contributed by atoms with Crippen molar-refractivity contribution < 1.29 is 38.1 Å². The van der Waals surface area contributed by atoms with Crippen LogP contribution in [0.15, 0.2) is 48.5 Å². The Labute approximate surface area is 221 Å². The van der Waals surface area contributed by atoms with Gasteiger partial charge in [-0.2, -0.15) is 0 Å². The minimum Gasteiger partial charge on any atom is -0.482 e. The molecule has 0 aliphatic rings. The molecule has 2 amide bonds. The highest BCUT2D eigenvalue weighted by molar-refractivity contribution is 6.06. The SMILES string of the molecule is CCOC(=O)COc1ccc(C(=O)[C@H](COC)NC(=O)c2ccc(C(=N)NC(=O)OC(C)(C)C)cc2)cc1. The smallest absolute Gasteiger partial charge is 0.413 e. The van der Waals surface area contributed by atoms with Gasteiger partial charge in [-0.15, -0.1) is 0 Å². The molecule has 11 nitrogen and oxygen atoms in total. The lowest BCUT2D eigenvalue weighted by Crippen LogP contribution is -2.44. The van der Waals surface area contributed by atoms with E-state index in [1.165, 1.54) is 55.6 Å². The van der Waals surface area contributed by atoms with E-state index in [4.69, 9.17) is 24.4 Å². The molecule has 204 valence electrons. The molecule has 0 saturated heterocycles. The average Bonchev–Trinajstić information content (AvgIpc) is 2.86. The maximum Gasteiger partial charge on any atom is 0.413 e. The molecule has 0 radical (unpaired) electrons. The van der Waals surface area contributed by atoms with Crippen molar-refractivity contribution in [2.24, 2.45) is 0 Å². The zero-order valence-corrected chi connectivity index (χ0v) is 22.1. The van der Waals surface area contributed by atoms with Gasteiger partial charge in [0.05, 0.1) is 13.2 Å². The first-order valence-corrected chi connectivity index (χ1v) is 11.8. The van der Waals surface area contributed by atoms with Crippen molar-refractivity contribution >= 4 is 29.6 Å². The Morgan fingerprint density at radius 1 is 0.921 bits per heavy atom. The summed E-state index contributed by atoms with van der Waals surface area (Å²) in [6.45, 7) is 6.77. The summed E-state index contributed by atoms with van der Waals surface area (Å²) < 4.78 is 20.4. The van der Waals surface area contributed by atoms with E-state index in [9.17, 15) is 19.2 Å². The predicted molar refractivity (Wildman–Crippen MR) is 139 cm³/mol. The van der Waals surface area contributed by atoms with Crippen molar-refractivity contribution in [3.05, 3.63) is 65.2 Å². The molecule has 0 spiro atoms. The first-order chi connectivity index (χ1) is 17.9. The number of Topliss-reactive ketones (excluding diaryl/α,β-unsaturated/α-hetero) is 1.